The molecule has 1 aliphatic rings. The van der Waals surface area contributed by atoms with Crippen molar-refractivity contribution in [2.45, 2.75) is 19.4 Å². The van der Waals surface area contributed by atoms with Crippen molar-refractivity contribution in [1.82, 2.24) is 0 Å². The van der Waals surface area contributed by atoms with Gasteiger partial charge in [0.2, 0.25) is 0 Å². The van der Waals surface area contributed by atoms with Crippen molar-refractivity contribution in [1.29, 1.82) is 0 Å². The fourth-order valence-electron chi connectivity index (χ4n) is 3.25. The van der Waals surface area contributed by atoms with Crippen molar-refractivity contribution in [3.63, 3.8) is 0 Å². The molecule has 3 aromatic rings. The summed E-state index contributed by atoms with van der Waals surface area (Å²) in [5, 5.41) is 5.72. The maximum atomic E-state index is 12.7. The largest absolute Gasteiger partial charge is 0.480 e. The van der Waals surface area contributed by atoms with Gasteiger partial charge in [-0.3, -0.25) is 9.59 Å². The van der Waals surface area contributed by atoms with Crippen LogP contribution in [0.1, 0.15) is 21.5 Å². The van der Waals surface area contributed by atoms with Gasteiger partial charge in [-0.25, -0.2) is 0 Å². The maximum absolute atomic E-state index is 12.7. The second-order valence-electron chi connectivity index (χ2n) is 6.78. The molecule has 5 heteroatoms. The van der Waals surface area contributed by atoms with Crippen LogP contribution in [0.25, 0.3) is 0 Å². The highest BCUT2D eigenvalue weighted by atomic mass is 16.5. The van der Waals surface area contributed by atoms with Crippen LogP contribution in [0.4, 0.5) is 11.4 Å². The molecule has 2 N–H and O–H groups in total. The van der Waals surface area contributed by atoms with Crippen LogP contribution in [0.15, 0.2) is 72.8 Å². The molecule has 0 saturated carbocycles. The van der Waals surface area contributed by atoms with Crippen molar-refractivity contribution in [2.24, 2.45) is 0 Å². The number of nitrogens with one attached hydrogen (secondary N) is 2. The third-order valence-electron chi connectivity index (χ3n) is 4.65. The van der Waals surface area contributed by atoms with Crippen LogP contribution in [-0.4, -0.2) is 17.9 Å². The highest BCUT2D eigenvalue weighted by Gasteiger charge is 2.29. The first kappa shape index (κ1) is 17.8. The SMILES string of the molecule is Cc1cccc(NC(=O)c2ccccc2NC(=O)C2Cc3ccccc3O2)c1. The molecule has 3 aromatic carbocycles. The third kappa shape index (κ3) is 3.74. The average Bonchev–Trinajstić information content (AvgIpc) is 3.13. The van der Waals surface area contributed by atoms with E-state index in [4.69, 9.17) is 4.74 Å². The van der Waals surface area contributed by atoms with Crippen molar-refractivity contribution >= 4 is 23.2 Å². The van der Waals surface area contributed by atoms with E-state index < -0.39 is 6.10 Å². The maximum Gasteiger partial charge on any atom is 0.265 e. The number of aryl methyl sites for hydroxylation is 1. The van der Waals surface area contributed by atoms with E-state index in [1.165, 1.54) is 0 Å². The van der Waals surface area contributed by atoms with Crippen LogP contribution in [0, 0.1) is 6.92 Å². The lowest BCUT2D eigenvalue weighted by Gasteiger charge is -2.14. The molecule has 1 atom stereocenters. The molecular weight excluding hydrogens is 352 g/mol. The van der Waals surface area contributed by atoms with Crippen LogP contribution in [0.5, 0.6) is 5.75 Å². The number of carbonyl (C=O) groups is 2. The van der Waals surface area contributed by atoms with Gasteiger partial charge in [0.25, 0.3) is 11.8 Å². The summed E-state index contributed by atoms with van der Waals surface area (Å²) in [6.45, 7) is 1.96. The second-order valence-corrected chi connectivity index (χ2v) is 6.78. The van der Waals surface area contributed by atoms with E-state index >= 15 is 0 Å². The normalized spacial score (nSPS) is 14.7. The number of amides is 2. The summed E-state index contributed by atoms with van der Waals surface area (Å²) < 4.78 is 5.74. The number of fused-ring (bicyclic) bond motifs is 1. The third-order valence-corrected chi connectivity index (χ3v) is 4.65. The van der Waals surface area contributed by atoms with Crippen molar-refractivity contribution in [2.75, 3.05) is 10.6 Å². The highest BCUT2D eigenvalue weighted by Crippen LogP contribution is 2.29. The fraction of sp³-hybridized carbons (Fsp3) is 0.130. The van der Waals surface area contributed by atoms with Gasteiger partial charge in [-0.15, -0.1) is 0 Å². The van der Waals surface area contributed by atoms with Gasteiger partial charge in [-0.05, 0) is 48.4 Å². The Hall–Kier alpha value is -3.60. The molecule has 0 spiro atoms. The van der Waals surface area contributed by atoms with Crippen molar-refractivity contribution in [3.8, 4) is 5.75 Å². The molecule has 0 bridgehead atoms. The molecule has 1 unspecified atom stereocenters. The summed E-state index contributed by atoms with van der Waals surface area (Å²) in [6, 6.07) is 22.1. The van der Waals surface area contributed by atoms with Gasteiger partial charge >= 0.3 is 0 Å². The molecule has 0 fully saturated rings. The molecule has 0 saturated heterocycles. The van der Waals surface area contributed by atoms with E-state index in [2.05, 4.69) is 10.6 Å². The predicted molar refractivity (Wildman–Crippen MR) is 109 cm³/mol. The Kier molecular flexibility index (Phi) is 4.81. The Morgan fingerprint density at radius 3 is 2.54 bits per heavy atom. The van der Waals surface area contributed by atoms with Gasteiger partial charge in [0, 0.05) is 12.1 Å². The topological polar surface area (TPSA) is 67.4 Å². The summed E-state index contributed by atoms with van der Waals surface area (Å²) >= 11 is 0. The minimum Gasteiger partial charge on any atom is -0.480 e. The summed E-state index contributed by atoms with van der Waals surface area (Å²) in [5.74, 6) is 0.178. The average molecular weight is 372 g/mol. The molecular formula is C23H20N2O3. The smallest absolute Gasteiger partial charge is 0.265 e. The molecule has 1 heterocycles. The zero-order chi connectivity index (χ0) is 19.5. The van der Waals surface area contributed by atoms with E-state index in [9.17, 15) is 9.59 Å². The van der Waals surface area contributed by atoms with Gasteiger partial charge in [-0.1, -0.05) is 42.5 Å². The number of rotatable bonds is 4. The van der Waals surface area contributed by atoms with Gasteiger partial charge in [0.05, 0.1) is 11.3 Å². The standard InChI is InChI=1S/C23H20N2O3/c1-15-7-6-9-17(13-15)24-22(26)18-10-3-4-11-19(18)25-23(27)21-14-16-8-2-5-12-20(16)28-21/h2-13,21H,14H2,1H3,(H,24,26)(H,25,27). The molecule has 1 aliphatic heterocycles. The minimum absolute atomic E-state index is 0.271. The van der Waals surface area contributed by atoms with Crippen molar-refractivity contribution in [3.05, 3.63) is 89.5 Å². The van der Waals surface area contributed by atoms with Crippen LogP contribution in [0.2, 0.25) is 0 Å². The molecule has 0 aliphatic carbocycles. The predicted octanol–water partition coefficient (Wildman–Crippen LogP) is 4.19. The van der Waals surface area contributed by atoms with Crippen molar-refractivity contribution < 1.29 is 14.3 Å². The van der Waals surface area contributed by atoms with Gasteiger partial charge in [0.1, 0.15) is 5.75 Å². The Bertz CT molecular complexity index is 1020. The summed E-state index contributed by atoms with van der Waals surface area (Å²) in [5.41, 5.74) is 3.62. The number of ether oxygens (including phenoxy) is 1. The second kappa shape index (κ2) is 7.56. The fourth-order valence-corrected chi connectivity index (χ4v) is 3.25. The van der Waals surface area contributed by atoms with Gasteiger partial charge in [0.15, 0.2) is 6.10 Å². The van der Waals surface area contributed by atoms with E-state index in [-0.39, 0.29) is 11.8 Å². The van der Waals surface area contributed by atoms with Crippen LogP contribution in [0.3, 0.4) is 0 Å². The molecule has 0 radical (unpaired) electrons. The number of benzene rings is 3. The zero-order valence-electron chi connectivity index (χ0n) is 15.4. The van der Waals surface area contributed by atoms with E-state index in [1.807, 2.05) is 55.5 Å². The minimum atomic E-state index is -0.606. The first-order valence-corrected chi connectivity index (χ1v) is 9.12. The lowest BCUT2D eigenvalue weighted by molar-refractivity contribution is -0.122. The van der Waals surface area contributed by atoms with E-state index in [0.717, 1.165) is 16.9 Å². The van der Waals surface area contributed by atoms with Crippen LogP contribution < -0.4 is 15.4 Å². The molecule has 140 valence electrons. The molecule has 0 aromatic heterocycles. The van der Waals surface area contributed by atoms with Crippen LogP contribution in [-0.2, 0) is 11.2 Å². The Morgan fingerprint density at radius 2 is 1.71 bits per heavy atom. The number of hydrogen-bond acceptors (Lipinski definition) is 3. The quantitative estimate of drug-likeness (QED) is 0.722. The first-order chi connectivity index (χ1) is 13.6. The zero-order valence-corrected chi connectivity index (χ0v) is 15.4. The summed E-state index contributed by atoms with van der Waals surface area (Å²) in [6.07, 6.45) is -0.0927. The number of para-hydroxylation sites is 2. The van der Waals surface area contributed by atoms with Gasteiger partial charge in [-0.2, -0.15) is 0 Å². The monoisotopic (exact) mass is 372 g/mol. The molecule has 5 nitrogen and oxygen atoms in total. The van der Waals surface area contributed by atoms with Gasteiger partial charge < -0.3 is 15.4 Å². The van der Waals surface area contributed by atoms with E-state index in [0.29, 0.717) is 23.4 Å². The molecule has 28 heavy (non-hydrogen) atoms. The lowest BCUT2D eigenvalue weighted by atomic mass is 10.1. The Balaban J connectivity index is 1.49. The Labute approximate surface area is 163 Å². The lowest BCUT2D eigenvalue weighted by Crippen LogP contribution is -2.32. The Morgan fingerprint density at radius 1 is 0.929 bits per heavy atom. The number of anilines is 2. The highest BCUT2D eigenvalue weighted by molar-refractivity contribution is 6.10. The number of carbonyl (C=O) groups excluding carboxylic acids is 2. The summed E-state index contributed by atoms with van der Waals surface area (Å²) in [7, 11) is 0. The summed E-state index contributed by atoms with van der Waals surface area (Å²) in [4.78, 5) is 25.4. The van der Waals surface area contributed by atoms with E-state index in [1.54, 1.807) is 24.3 Å². The molecule has 2 amide bonds. The number of hydrogen-bond donors (Lipinski definition) is 2. The molecule has 4 rings (SSSR count). The van der Waals surface area contributed by atoms with Crippen LogP contribution >= 0.6 is 0 Å². The first-order valence-electron chi connectivity index (χ1n) is 9.12.